The Hall–Kier alpha value is -4.05. The van der Waals surface area contributed by atoms with Crippen LogP contribution >= 0.6 is 0 Å². The molecule has 0 heterocycles. The van der Waals surface area contributed by atoms with Gasteiger partial charge in [-0.25, -0.2) is 8.42 Å². The van der Waals surface area contributed by atoms with E-state index in [0.717, 1.165) is 16.3 Å². The van der Waals surface area contributed by atoms with Gasteiger partial charge in [0.1, 0.15) is 24.1 Å². The molecule has 3 aromatic carbocycles. The molecule has 42 heavy (non-hydrogen) atoms. The molecule has 0 aliphatic carbocycles. The Morgan fingerprint density at radius 3 is 2.17 bits per heavy atom. The summed E-state index contributed by atoms with van der Waals surface area (Å²) in [5, 5.41) is 2.98. The molecule has 226 valence electrons. The number of nitrogens with zero attached hydrogens (tertiary/aromatic N) is 2. The Bertz CT molecular complexity index is 1410. The van der Waals surface area contributed by atoms with E-state index in [-0.39, 0.29) is 23.4 Å². The fourth-order valence-corrected chi connectivity index (χ4v) is 5.87. The minimum absolute atomic E-state index is 0.0171. The van der Waals surface area contributed by atoms with Crippen LogP contribution in [0.3, 0.4) is 0 Å². The number of sulfonamides is 1. The monoisotopic (exact) mass is 595 g/mol. The van der Waals surface area contributed by atoms with Crippen molar-refractivity contribution in [3.63, 3.8) is 0 Å². The summed E-state index contributed by atoms with van der Waals surface area (Å²) in [6.07, 6.45) is 1.07. The summed E-state index contributed by atoms with van der Waals surface area (Å²) < 4.78 is 39.9. The number of benzene rings is 3. The second-order valence-electron chi connectivity index (χ2n) is 9.87. The van der Waals surface area contributed by atoms with Gasteiger partial charge in [-0.1, -0.05) is 44.2 Å². The topological polar surface area (TPSA) is 105 Å². The summed E-state index contributed by atoms with van der Waals surface area (Å²) in [5.41, 5.74) is 1.08. The first-order chi connectivity index (χ1) is 20.1. The number of carbonyl (C=O) groups excluding carboxylic acids is 2. The molecule has 0 saturated heterocycles. The quantitative estimate of drug-likeness (QED) is 0.265. The summed E-state index contributed by atoms with van der Waals surface area (Å²) in [6, 6.07) is 20.9. The van der Waals surface area contributed by atoms with Crippen molar-refractivity contribution in [2.45, 2.75) is 64.1 Å². The maximum Gasteiger partial charge on any atom is 0.264 e. The third kappa shape index (κ3) is 8.25. The molecular weight excluding hydrogens is 554 g/mol. The molecule has 2 amide bonds. The zero-order chi connectivity index (χ0) is 30.7. The van der Waals surface area contributed by atoms with Crippen molar-refractivity contribution >= 4 is 27.5 Å². The first kappa shape index (κ1) is 32.5. The molecule has 0 fully saturated rings. The highest BCUT2D eigenvalue weighted by Gasteiger charge is 2.34. The van der Waals surface area contributed by atoms with Crippen LogP contribution in [0, 0.1) is 0 Å². The van der Waals surface area contributed by atoms with E-state index in [4.69, 9.17) is 9.47 Å². The van der Waals surface area contributed by atoms with E-state index in [1.165, 1.54) is 17.0 Å². The summed E-state index contributed by atoms with van der Waals surface area (Å²) in [4.78, 5) is 29.0. The van der Waals surface area contributed by atoms with Crippen LogP contribution in [0.4, 0.5) is 5.69 Å². The van der Waals surface area contributed by atoms with Gasteiger partial charge in [-0.2, -0.15) is 0 Å². The lowest BCUT2D eigenvalue weighted by Gasteiger charge is -2.33. The third-order valence-corrected chi connectivity index (χ3v) is 8.71. The highest BCUT2D eigenvalue weighted by molar-refractivity contribution is 7.92. The predicted octanol–water partition coefficient (Wildman–Crippen LogP) is 5.01. The van der Waals surface area contributed by atoms with Crippen molar-refractivity contribution in [2.24, 2.45) is 0 Å². The Morgan fingerprint density at radius 2 is 1.57 bits per heavy atom. The zero-order valence-electron chi connectivity index (χ0n) is 24.9. The first-order valence-corrected chi connectivity index (χ1v) is 15.6. The van der Waals surface area contributed by atoms with E-state index in [9.17, 15) is 18.0 Å². The minimum Gasteiger partial charge on any atom is -0.497 e. The van der Waals surface area contributed by atoms with Gasteiger partial charge < -0.3 is 19.7 Å². The van der Waals surface area contributed by atoms with Crippen molar-refractivity contribution in [1.29, 1.82) is 0 Å². The largest absolute Gasteiger partial charge is 0.497 e. The van der Waals surface area contributed by atoms with E-state index in [1.807, 2.05) is 39.8 Å². The molecule has 2 atom stereocenters. The van der Waals surface area contributed by atoms with Gasteiger partial charge in [0.15, 0.2) is 0 Å². The fourth-order valence-electron chi connectivity index (χ4n) is 4.45. The van der Waals surface area contributed by atoms with E-state index >= 15 is 0 Å². The summed E-state index contributed by atoms with van der Waals surface area (Å²) >= 11 is 0. The number of methoxy groups -OCH3 is 1. The molecule has 1 N–H and O–H groups in total. The van der Waals surface area contributed by atoms with E-state index in [0.29, 0.717) is 30.2 Å². The summed E-state index contributed by atoms with van der Waals surface area (Å²) in [5.74, 6) is 0.355. The number of nitrogens with one attached hydrogen (secondary N) is 1. The average Bonchev–Trinajstić information content (AvgIpc) is 3.00. The van der Waals surface area contributed by atoms with Gasteiger partial charge >= 0.3 is 0 Å². The van der Waals surface area contributed by atoms with Crippen molar-refractivity contribution in [3.05, 3.63) is 84.4 Å². The van der Waals surface area contributed by atoms with Crippen molar-refractivity contribution in [2.75, 3.05) is 24.6 Å². The maximum absolute atomic E-state index is 14.2. The molecule has 0 aliphatic heterocycles. The minimum atomic E-state index is -4.16. The first-order valence-electron chi connectivity index (χ1n) is 14.2. The number of para-hydroxylation sites is 1. The summed E-state index contributed by atoms with van der Waals surface area (Å²) in [6.45, 7) is 7.58. The number of rotatable bonds is 15. The Kier molecular flexibility index (Phi) is 11.8. The van der Waals surface area contributed by atoms with Crippen LogP contribution in [0.25, 0.3) is 0 Å². The molecule has 9 nitrogen and oxygen atoms in total. The van der Waals surface area contributed by atoms with E-state index in [1.54, 1.807) is 61.7 Å². The lowest BCUT2D eigenvalue weighted by atomic mass is 10.1. The smallest absolute Gasteiger partial charge is 0.264 e. The van der Waals surface area contributed by atoms with Gasteiger partial charge in [0.25, 0.3) is 10.0 Å². The summed E-state index contributed by atoms with van der Waals surface area (Å²) in [7, 11) is -2.61. The lowest BCUT2D eigenvalue weighted by molar-refractivity contribution is -0.140. The Balaban J connectivity index is 2.03. The molecule has 0 radical (unpaired) electrons. The van der Waals surface area contributed by atoms with E-state index in [2.05, 4.69) is 5.32 Å². The van der Waals surface area contributed by atoms with Crippen LogP contribution in [-0.2, 0) is 26.2 Å². The molecule has 0 spiro atoms. The van der Waals surface area contributed by atoms with Crippen LogP contribution in [0.2, 0.25) is 0 Å². The van der Waals surface area contributed by atoms with Gasteiger partial charge in [0, 0.05) is 12.6 Å². The Labute approximate surface area is 249 Å². The van der Waals surface area contributed by atoms with E-state index < -0.39 is 28.5 Å². The third-order valence-electron chi connectivity index (χ3n) is 6.92. The maximum atomic E-state index is 14.2. The second kappa shape index (κ2) is 15.3. The molecule has 0 saturated carbocycles. The molecule has 0 unspecified atom stereocenters. The molecule has 3 rings (SSSR count). The Morgan fingerprint density at radius 1 is 0.881 bits per heavy atom. The normalized spacial score (nSPS) is 12.6. The average molecular weight is 596 g/mol. The molecule has 0 aromatic heterocycles. The number of hydrogen-bond acceptors (Lipinski definition) is 6. The van der Waals surface area contributed by atoms with Gasteiger partial charge in [-0.15, -0.1) is 0 Å². The van der Waals surface area contributed by atoms with Crippen LogP contribution in [0.1, 0.15) is 46.1 Å². The zero-order valence-corrected chi connectivity index (χ0v) is 25.8. The molecule has 0 aliphatic rings. The highest BCUT2D eigenvalue weighted by atomic mass is 32.2. The predicted molar refractivity (Wildman–Crippen MR) is 164 cm³/mol. The fraction of sp³-hybridized carbons (Fsp3) is 0.375. The van der Waals surface area contributed by atoms with Gasteiger partial charge in [0.2, 0.25) is 11.8 Å². The van der Waals surface area contributed by atoms with Crippen LogP contribution in [0.15, 0.2) is 83.8 Å². The molecule has 0 bridgehead atoms. The number of amides is 2. The van der Waals surface area contributed by atoms with Crippen LogP contribution in [-0.4, -0.2) is 57.5 Å². The van der Waals surface area contributed by atoms with Gasteiger partial charge in [-0.05, 0) is 80.8 Å². The van der Waals surface area contributed by atoms with Gasteiger partial charge in [0.05, 0.1) is 24.3 Å². The van der Waals surface area contributed by atoms with Gasteiger partial charge in [-0.3, -0.25) is 13.9 Å². The van der Waals surface area contributed by atoms with Crippen molar-refractivity contribution < 1.29 is 27.5 Å². The molecular formula is C32H41N3O6S. The number of hydrogen-bond donors (Lipinski definition) is 1. The number of anilines is 1. The number of ether oxygens (including phenoxy) is 2. The van der Waals surface area contributed by atoms with Crippen LogP contribution in [0.5, 0.6) is 11.5 Å². The lowest BCUT2D eigenvalue weighted by Crippen LogP contribution is -2.53. The standard InChI is InChI=1S/C32H41N3O6S/c1-6-24(4)33-32(37)30(7-2)34(22-25-13-12-16-28(21-25)40-5)31(36)23-35(26-14-10-9-11-15-26)42(38,39)29-19-17-27(18-20-29)41-8-3/h9-21,24,30H,6-8,22-23H2,1-5H3,(H,33,37)/t24-,30+/m1/s1. The molecule has 3 aromatic rings. The van der Waals surface area contributed by atoms with Crippen molar-refractivity contribution in [3.8, 4) is 11.5 Å². The molecule has 10 heteroatoms. The highest BCUT2D eigenvalue weighted by Crippen LogP contribution is 2.26. The van der Waals surface area contributed by atoms with Crippen molar-refractivity contribution in [1.82, 2.24) is 10.2 Å². The SMILES string of the molecule is CCOc1ccc(S(=O)(=O)N(CC(=O)N(Cc2cccc(OC)c2)[C@@H](CC)C(=O)N[C@H](C)CC)c2ccccc2)cc1. The number of carbonyl (C=O) groups is 2. The second-order valence-corrected chi connectivity index (χ2v) is 11.7. The van der Waals surface area contributed by atoms with Crippen LogP contribution < -0.4 is 19.1 Å².